The van der Waals surface area contributed by atoms with Crippen molar-refractivity contribution in [1.82, 2.24) is 5.32 Å². The lowest BCUT2D eigenvalue weighted by atomic mass is 10.1. The number of Topliss-reactive ketones (excluding diaryl/α,β-unsaturated/α-hetero) is 1. The number of allylic oxidation sites excluding steroid dienone is 2. The van der Waals surface area contributed by atoms with Gasteiger partial charge in [-0.25, -0.2) is 0 Å². The van der Waals surface area contributed by atoms with Crippen LogP contribution >= 0.6 is 0 Å². The molecule has 0 radical (unpaired) electrons. The summed E-state index contributed by atoms with van der Waals surface area (Å²) in [5.41, 5.74) is 0.934. The zero-order chi connectivity index (χ0) is 11.8. The fourth-order valence-electron chi connectivity index (χ4n) is 1.93. The van der Waals surface area contributed by atoms with Gasteiger partial charge in [-0.15, -0.1) is 0 Å². The van der Waals surface area contributed by atoms with E-state index in [9.17, 15) is 4.79 Å². The van der Waals surface area contributed by atoms with Crippen LogP contribution in [-0.2, 0) is 15.3 Å². The molecule has 1 aliphatic heterocycles. The predicted octanol–water partition coefficient (Wildman–Crippen LogP) is 2.30. The zero-order valence-corrected chi connectivity index (χ0v) is 9.70. The van der Waals surface area contributed by atoms with Crippen molar-refractivity contribution in [2.45, 2.75) is 26.5 Å². The Morgan fingerprint density at radius 1 is 1.31 bits per heavy atom. The minimum absolute atomic E-state index is 0.00263. The molecule has 1 atom stereocenters. The van der Waals surface area contributed by atoms with Gasteiger partial charge in [-0.1, -0.05) is 30.3 Å². The maximum Gasteiger partial charge on any atom is 0.203 e. The highest BCUT2D eigenvalue weighted by Crippen LogP contribution is 2.32. The molecule has 3 nitrogen and oxygen atoms in total. The zero-order valence-electron chi connectivity index (χ0n) is 9.70. The number of rotatable bonds is 2. The Morgan fingerprint density at radius 3 is 2.44 bits per heavy atom. The highest BCUT2D eigenvalue weighted by molar-refractivity contribution is 5.93. The lowest BCUT2D eigenvalue weighted by Crippen LogP contribution is -2.36. The fraction of sp³-hybridized carbons (Fsp3) is 0.308. The number of benzene rings is 1. The molecule has 0 fully saturated rings. The van der Waals surface area contributed by atoms with E-state index in [1.165, 1.54) is 6.92 Å². The predicted molar refractivity (Wildman–Crippen MR) is 61.4 cm³/mol. The van der Waals surface area contributed by atoms with Gasteiger partial charge in [0.1, 0.15) is 11.5 Å². The van der Waals surface area contributed by atoms with Gasteiger partial charge in [0.25, 0.3) is 0 Å². The van der Waals surface area contributed by atoms with Gasteiger partial charge >= 0.3 is 0 Å². The van der Waals surface area contributed by atoms with Gasteiger partial charge in [-0.2, -0.15) is 0 Å². The van der Waals surface area contributed by atoms with Crippen molar-refractivity contribution in [3.8, 4) is 0 Å². The highest BCUT2D eigenvalue weighted by Gasteiger charge is 2.37. The van der Waals surface area contributed by atoms with Gasteiger partial charge in [0.15, 0.2) is 5.78 Å². The molecule has 0 bridgehead atoms. The molecule has 1 aliphatic rings. The van der Waals surface area contributed by atoms with Gasteiger partial charge in [-0.05, 0) is 13.8 Å². The van der Waals surface area contributed by atoms with Gasteiger partial charge < -0.3 is 10.1 Å². The van der Waals surface area contributed by atoms with E-state index in [4.69, 9.17) is 4.74 Å². The van der Waals surface area contributed by atoms with Crippen LogP contribution in [0.5, 0.6) is 0 Å². The van der Waals surface area contributed by atoms with Crippen LogP contribution in [0.1, 0.15) is 26.3 Å². The Bertz CT molecular complexity index is 450. The number of ketones is 1. The summed E-state index contributed by atoms with van der Waals surface area (Å²) in [6.45, 7) is 5.26. The molecule has 0 spiro atoms. The van der Waals surface area contributed by atoms with Crippen LogP contribution in [0.2, 0.25) is 0 Å². The molecule has 0 aromatic heterocycles. The Balaban J connectivity index is 2.31. The summed E-state index contributed by atoms with van der Waals surface area (Å²) < 4.78 is 5.76. The van der Waals surface area contributed by atoms with Gasteiger partial charge in [0.05, 0.1) is 0 Å². The normalized spacial score (nSPS) is 23.9. The second-order valence-corrected chi connectivity index (χ2v) is 4.11. The highest BCUT2D eigenvalue weighted by atomic mass is 16.5. The molecule has 1 aromatic rings. The summed E-state index contributed by atoms with van der Waals surface area (Å²) in [6, 6.07) is 9.81. The molecule has 1 aromatic carbocycles. The summed E-state index contributed by atoms with van der Waals surface area (Å²) in [7, 11) is 0. The van der Waals surface area contributed by atoms with Crippen LogP contribution in [0, 0.1) is 0 Å². The molecule has 1 N–H and O–H groups in total. The van der Waals surface area contributed by atoms with Crippen LogP contribution < -0.4 is 5.32 Å². The van der Waals surface area contributed by atoms with Gasteiger partial charge in [0, 0.05) is 12.5 Å². The number of carbonyl (C=O) groups excluding carboxylic acids is 1. The monoisotopic (exact) mass is 217 g/mol. The third kappa shape index (κ3) is 1.69. The topological polar surface area (TPSA) is 38.3 Å². The van der Waals surface area contributed by atoms with E-state index in [0.29, 0.717) is 11.5 Å². The Labute approximate surface area is 95.1 Å². The number of nitrogens with one attached hydrogen (secondary N) is 1. The second-order valence-electron chi connectivity index (χ2n) is 4.11. The molecule has 1 heterocycles. The largest absolute Gasteiger partial charge is 0.467 e. The SMILES string of the molecule is CC(=O)C1=C(C)OC(C)(c2ccccc2)N1. The van der Waals surface area contributed by atoms with Crippen molar-refractivity contribution in [1.29, 1.82) is 0 Å². The smallest absolute Gasteiger partial charge is 0.203 e. The minimum Gasteiger partial charge on any atom is -0.467 e. The molecule has 0 saturated heterocycles. The first-order valence-corrected chi connectivity index (χ1v) is 5.27. The van der Waals surface area contributed by atoms with Crippen LogP contribution in [0.4, 0.5) is 0 Å². The van der Waals surface area contributed by atoms with Crippen molar-refractivity contribution in [3.05, 3.63) is 47.4 Å². The molecule has 0 saturated carbocycles. The molecule has 0 aliphatic carbocycles. The van der Waals surface area contributed by atoms with Crippen LogP contribution in [0.15, 0.2) is 41.8 Å². The number of hydrogen-bond donors (Lipinski definition) is 1. The van der Waals surface area contributed by atoms with Crippen LogP contribution in [0.25, 0.3) is 0 Å². The van der Waals surface area contributed by atoms with E-state index < -0.39 is 5.72 Å². The minimum atomic E-state index is -0.633. The summed E-state index contributed by atoms with van der Waals surface area (Å²) in [5.74, 6) is 0.649. The van der Waals surface area contributed by atoms with Crippen molar-refractivity contribution in [3.63, 3.8) is 0 Å². The average Bonchev–Trinajstić information content (AvgIpc) is 2.57. The molecule has 2 rings (SSSR count). The first kappa shape index (κ1) is 10.7. The molecule has 16 heavy (non-hydrogen) atoms. The van der Waals surface area contributed by atoms with Crippen LogP contribution in [0.3, 0.4) is 0 Å². The van der Waals surface area contributed by atoms with E-state index in [1.54, 1.807) is 6.92 Å². The Kier molecular flexibility index (Phi) is 2.46. The summed E-state index contributed by atoms with van der Waals surface area (Å²) in [6.07, 6.45) is 0. The van der Waals surface area contributed by atoms with E-state index >= 15 is 0 Å². The quantitative estimate of drug-likeness (QED) is 0.826. The number of hydrogen-bond acceptors (Lipinski definition) is 3. The first-order chi connectivity index (χ1) is 7.53. The molecule has 3 heteroatoms. The molecular formula is C13H15NO2. The van der Waals surface area contributed by atoms with E-state index in [1.807, 2.05) is 37.3 Å². The molecule has 84 valence electrons. The van der Waals surface area contributed by atoms with Crippen molar-refractivity contribution >= 4 is 5.78 Å². The van der Waals surface area contributed by atoms with E-state index in [-0.39, 0.29) is 5.78 Å². The fourth-order valence-corrected chi connectivity index (χ4v) is 1.93. The maximum absolute atomic E-state index is 11.4. The summed E-state index contributed by atoms with van der Waals surface area (Å²) in [5, 5.41) is 3.14. The lowest BCUT2D eigenvalue weighted by molar-refractivity contribution is -0.114. The van der Waals surface area contributed by atoms with E-state index in [0.717, 1.165) is 5.56 Å². The average molecular weight is 217 g/mol. The molecule has 0 amide bonds. The third-order valence-electron chi connectivity index (χ3n) is 2.75. The molecule has 1 unspecified atom stereocenters. The van der Waals surface area contributed by atoms with Gasteiger partial charge in [0.2, 0.25) is 5.72 Å². The van der Waals surface area contributed by atoms with E-state index in [2.05, 4.69) is 5.32 Å². The van der Waals surface area contributed by atoms with Crippen molar-refractivity contribution in [2.75, 3.05) is 0 Å². The number of carbonyl (C=O) groups is 1. The van der Waals surface area contributed by atoms with Crippen molar-refractivity contribution in [2.24, 2.45) is 0 Å². The Hall–Kier alpha value is -1.77. The van der Waals surface area contributed by atoms with Crippen LogP contribution in [-0.4, -0.2) is 5.78 Å². The Morgan fingerprint density at radius 2 is 1.94 bits per heavy atom. The first-order valence-electron chi connectivity index (χ1n) is 5.27. The lowest BCUT2D eigenvalue weighted by Gasteiger charge is -2.26. The van der Waals surface area contributed by atoms with Gasteiger partial charge in [-0.3, -0.25) is 4.79 Å². The molecular weight excluding hydrogens is 202 g/mol. The van der Waals surface area contributed by atoms with Crippen molar-refractivity contribution < 1.29 is 9.53 Å². The maximum atomic E-state index is 11.4. The second kappa shape index (κ2) is 3.67. The number of ether oxygens (including phenoxy) is 1. The summed E-state index contributed by atoms with van der Waals surface area (Å²) in [4.78, 5) is 11.4. The standard InChI is InChI=1S/C13H15NO2/c1-9(15)12-10(2)16-13(3,14-12)11-7-5-4-6-8-11/h4-8,14H,1-3H3. The summed E-state index contributed by atoms with van der Waals surface area (Å²) >= 11 is 0. The third-order valence-corrected chi connectivity index (χ3v) is 2.75.